The number of carbonyl (C=O) groups is 1. The van der Waals surface area contributed by atoms with E-state index in [1.807, 2.05) is 6.92 Å². The van der Waals surface area contributed by atoms with Crippen LogP contribution in [-0.2, 0) is 22.5 Å². The Morgan fingerprint density at radius 3 is 3.00 bits per heavy atom. The summed E-state index contributed by atoms with van der Waals surface area (Å²) in [5.41, 5.74) is 0. The van der Waals surface area contributed by atoms with Crippen LogP contribution in [0.5, 0.6) is 0 Å². The second kappa shape index (κ2) is 8.33. The highest BCUT2D eigenvalue weighted by Crippen LogP contribution is 2.25. The number of nitrogens with zero attached hydrogens (tertiary/aromatic N) is 3. The number of thiophene rings is 1. The van der Waals surface area contributed by atoms with Gasteiger partial charge in [0.25, 0.3) is 0 Å². The minimum atomic E-state index is -0.164. The molecular weight excluding hydrogens is 318 g/mol. The Labute approximate surface area is 139 Å². The first-order valence-corrected chi connectivity index (χ1v) is 9.01. The van der Waals surface area contributed by atoms with Crippen LogP contribution >= 0.6 is 23.1 Å². The number of esters is 1. The molecule has 0 aliphatic heterocycles. The molecule has 0 aromatic carbocycles. The van der Waals surface area contributed by atoms with E-state index in [0.29, 0.717) is 11.7 Å². The average Bonchev–Trinajstić information content (AvgIpc) is 3.13. The molecule has 0 fully saturated rings. The Bertz CT molecular complexity index is 596. The maximum absolute atomic E-state index is 11.2. The molecule has 2 aromatic heterocycles. The Balaban J connectivity index is 1.92. The Hall–Kier alpha value is -1.34. The number of rotatable bonds is 8. The van der Waals surface area contributed by atoms with Crippen LogP contribution in [0.25, 0.3) is 0 Å². The second-order valence-electron chi connectivity index (χ2n) is 5.05. The SMILES string of the molecule is COC(=O)CC[C@H](C)Sc1nnc(C)n1CCc1cccs1. The predicted molar refractivity (Wildman–Crippen MR) is 89.4 cm³/mol. The van der Waals surface area contributed by atoms with E-state index < -0.39 is 0 Å². The van der Waals surface area contributed by atoms with E-state index in [4.69, 9.17) is 0 Å². The first kappa shape index (κ1) is 17.0. The summed E-state index contributed by atoms with van der Waals surface area (Å²) < 4.78 is 6.83. The molecule has 0 unspecified atom stereocenters. The van der Waals surface area contributed by atoms with Crippen molar-refractivity contribution in [2.24, 2.45) is 0 Å². The first-order valence-electron chi connectivity index (χ1n) is 7.25. The van der Waals surface area contributed by atoms with Crippen LogP contribution in [0.15, 0.2) is 22.7 Å². The average molecular weight is 339 g/mol. The van der Waals surface area contributed by atoms with Crippen molar-refractivity contribution < 1.29 is 9.53 Å². The van der Waals surface area contributed by atoms with Gasteiger partial charge in [-0.1, -0.05) is 24.8 Å². The molecular formula is C15H21N3O2S2. The maximum atomic E-state index is 11.2. The summed E-state index contributed by atoms with van der Waals surface area (Å²) in [7, 11) is 1.42. The second-order valence-corrected chi connectivity index (χ2v) is 7.49. The normalized spacial score (nSPS) is 12.3. The van der Waals surface area contributed by atoms with Crippen molar-refractivity contribution in [3.8, 4) is 0 Å². The third-order valence-electron chi connectivity index (χ3n) is 3.35. The molecule has 0 saturated carbocycles. The number of hydrogen-bond acceptors (Lipinski definition) is 6. The number of aryl methyl sites for hydroxylation is 2. The highest BCUT2D eigenvalue weighted by atomic mass is 32.2. The fourth-order valence-electron chi connectivity index (χ4n) is 2.05. The van der Waals surface area contributed by atoms with Gasteiger partial charge in [0.15, 0.2) is 5.16 Å². The molecule has 1 atom stereocenters. The van der Waals surface area contributed by atoms with Gasteiger partial charge in [-0.05, 0) is 31.2 Å². The molecule has 0 bridgehead atoms. The minimum absolute atomic E-state index is 0.164. The lowest BCUT2D eigenvalue weighted by Gasteiger charge is -2.12. The zero-order valence-electron chi connectivity index (χ0n) is 13.1. The molecule has 0 amide bonds. The molecule has 2 aromatic rings. The van der Waals surface area contributed by atoms with Crippen LogP contribution in [0.4, 0.5) is 0 Å². The van der Waals surface area contributed by atoms with Gasteiger partial charge in [-0.25, -0.2) is 0 Å². The molecule has 5 nitrogen and oxygen atoms in total. The third kappa shape index (κ3) is 4.84. The summed E-state index contributed by atoms with van der Waals surface area (Å²) >= 11 is 3.44. The van der Waals surface area contributed by atoms with E-state index in [1.165, 1.54) is 12.0 Å². The van der Waals surface area contributed by atoms with Crippen molar-refractivity contribution in [3.63, 3.8) is 0 Å². The molecule has 0 aliphatic rings. The van der Waals surface area contributed by atoms with Gasteiger partial charge in [-0.2, -0.15) is 0 Å². The monoisotopic (exact) mass is 339 g/mol. The summed E-state index contributed by atoms with van der Waals surface area (Å²) in [6.45, 7) is 4.96. The van der Waals surface area contributed by atoms with Crippen LogP contribution in [0, 0.1) is 6.92 Å². The number of ether oxygens (including phenoxy) is 1. The van der Waals surface area contributed by atoms with Crippen molar-refractivity contribution in [2.75, 3.05) is 7.11 Å². The fraction of sp³-hybridized carbons (Fsp3) is 0.533. The van der Waals surface area contributed by atoms with E-state index >= 15 is 0 Å². The number of carbonyl (C=O) groups excluding carboxylic acids is 1. The Kier molecular flexibility index (Phi) is 6.45. The molecule has 7 heteroatoms. The molecule has 22 heavy (non-hydrogen) atoms. The van der Waals surface area contributed by atoms with Gasteiger partial charge in [-0.15, -0.1) is 21.5 Å². The van der Waals surface area contributed by atoms with Gasteiger partial charge in [0.05, 0.1) is 7.11 Å². The van der Waals surface area contributed by atoms with Crippen LogP contribution in [-0.4, -0.2) is 33.1 Å². The molecule has 0 radical (unpaired) electrons. The van der Waals surface area contributed by atoms with Crippen LogP contribution < -0.4 is 0 Å². The molecule has 0 aliphatic carbocycles. The lowest BCUT2D eigenvalue weighted by atomic mass is 10.2. The van der Waals surface area contributed by atoms with Crippen molar-refractivity contribution in [1.29, 1.82) is 0 Å². The molecule has 2 heterocycles. The lowest BCUT2D eigenvalue weighted by molar-refractivity contribution is -0.140. The Morgan fingerprint density at radius 2 is 2.32 bits per heavy atom. The maximum Gasteiger partial charge on any atom is 0.305 e. The first-order chi connectivity index (χ1) is 10.6. The molecule has 0 spiro atoms. The van der Waals surface area contributed by atoms with Crippen molar-refractivity contribution in [3.05, 3.63) is 28.2 Å². The fourth-order valence-corrected chi connectivity index (χ4v) is 3.78. The lowest BCUT2D eigenvalue weighted by Crippen LogP contribution is -2.08. The van der Waals surface area contributed by atoms with Crippen LogP contribution in [0.1, 0.15) is 30.5 Å². The van der Waals surface area contributed by atoms with Crippen molar-refractivity contribution >= 4 is 29.1 Å². The number of methoxy groups -OCH3 is 1. The van der Waals surface area contributed by atoms with Crippen LogP contribution in [0.3, 0.4) is 0 Å². The molecule has 0 N–H and O–H groups in total. The Morgan fingerprint density at radius 1 is 1.50 bits per heavy atom. The van der Waals surface area contributed by atoms with E-state index in [2.05, 4.69) is 43.9 Å². The summed E-state index contributed by atoms with van der Waals surface area (Å²) in [4.78, 5) is 12.6. The highest BCUT2D eigenvalue weighted by molar-refractivity contribution is 7.99. The minimum Gasteiger partial charge on any atom is -0.469 e. The van der Waals surface area contributed by atoms with Gasteiger partial charge in [0.2, 0.25) is 0 Å². The highest BCUT2D eigenvalue weighted by Gasteiger charge is 2.14. The molecule has 0 saturated heterocycles. The number of aromatic nitrogens is 3. The summed E-state index contributed by atoms with van der Waals surface area (Å²) in [6.07, 6.45) is 2.20. The summed E-state index contributed by atoms with van der Waals surface area (Å²) in [5.74, 6) is 0.766. The molecule has 2 rings (SSSR count). The van der Waals surface area contributed by atoms with Gasteiger partial charge < -0.3 is 9.30 Å². The van der Waals surface area contributed by atoms with Gasteiger partial charge in [0.1, 0.15) is 5.82 Å². The zero-order valence-corrected chi connectivity index (χ0v) is 14.7. The smallest absolute Gasteiger partial charge is 0.305 e. The van der Waals surface area contributed by atoms with Gasteiger partial charge >= 0.3 is 5.97 Å². The topological polar surface area (TPSA) is 57.0 Å². The molecule has 120 valence electrons. The van der Waals surface area contributed by atoms with Gasteiger partial charge in [-0.3, -0.25) is 4.79 Å². The van der Waals surface area contributed by atoms with E-state index in [9.17, 15) is 4.79 Å². The van der Waals surface area contributed by atoms with Crippen molar-refractivity contribution in [1.82, 2.24) is 14.8 Å². The summed E-state index contributed by atoms with van der Waals surface area (Å²) in [6, 6.07) is 4.22. The quantitative estimate of drug-likeness (QED) is 0.545. The van der Waals surface area contributed by atoms with E-state index in [0.717, 1.165) is 30.4 Å². The third-order valence-corrected chi connectivity index (χ3v) is 5.44. The number of thioether (sulfide) groups is 1. The zero-order chi connectivity index (χ0) is 15.9. The van der Waals surface area contributed by atoms with E-state index in [-0.39, 0.29) is 5.97 Å². The largest absolute Gasteiger partial charge is 0.469 e. The summed E-state index contributed by atoms with van der Waals surface area (Å²) in [5, 5.41) is 11.8. The predicted octanol–water partition coefficient (Wildman–Crippen LogP) is 3.32. The van der Waals surface area contributed by atoms with Gasteiger partial charge in [0, 0.05) is 23.1 Å². The van der Waals surface area contributed by atoms with E-state index in [1.54, 1.807) is 23.1 Å². The number of hydrogen-bond donors (Lipinski definition) is 0. The standard InChI is InChI=1S/C15H21N3O2S2/c1-11(6-7-14(19)20-3)22-15-17-16-12(2)18(15)9-8-13-5-4-10-21-13/h4-5,10-11H,6-9H2,1-3H3/t11-/m0/s1. The van der Waals surface area contributed by atoms with Crippen LogP contribution in [0.2, 0.25) is 0 Å². The van der Waals surface area contributed by atoms with Crippen molar-refractivity contribution in [2.45, 2.75) is 50.1 Å².